The minimum absolute atomic E-state index is 0.0768. The fraction of sp³-hybridized carbons (Fsp3) is 0.429. The maximum absolute atomic E-state index is 12.9. The van der Waals surface area contributed by atoms with Gasteiger partial charge in [0.25, 0.3) is 0 Å². The molecule has 142 valence electrons. The van der Waals surface area contributed by atoms with Gasteiger partial charge in [-0.25, -0.2) is 0 Å². The first kappa shape index (κ1) is 17.8. The highest BCUT2D eigenvalue weighted by atomic mass is 16.6. The second-order valence-corrected chi connectivity index (χ2v) is 7.00. The molecule has 0 bridgehead atoms. The van der Waals surface area contributed by atoms with Crippen LogP contribution in [0.2, 0.25) is 0 Å². The molecule has 1 aromatic carbocycles. The average molecular weight is 367 g/mol. The molecule has 0 saturated carbocycles. The largest absolute Gasteiger partial charge is 0.486 e. The molecule has 1 aromatic heterocycles. The third-order valence-electron chi connectivity index (χ3n) is 5.13. The number of pyridine rings is 1. The Bertz CT molecular complexity index is 781. The van der Waals surface area contributed by atoms with Gasteiger partial charge in [-0.15, -0.1) is 0 Å². The number of hydrogen-bond acceptors (Lipinski definition) is 5. The molecule has 3 heterocycles. The van der Waals surface area contributed by atoms with Crippen LogP contribution in [0.15, 0.2) is 42.7 Å². The van der Waals surface area contributed by atoms with Crippen molar-refractivity contribution in [3.8, 4) is 11.5 Å². The van der Waals surface area contributed by atoms with Crippen molar-refractivity contribution >= 4 is 5.91 Å². The van der Waals surface area contributed by atoms with E-state index in [4.69, 9.17) is 9.47 Å². The first-order valence-corrected chi connectivity index (χ1v) is 9.59. The molecule has 1 N–H and O–H groups in total. The van der Waals surface area contributed by atoms with Gasteiger partial charge in [-0.1, -0.05) is 24.6 Å². The van der Waals surface area contributed by atoms with Crippen molar-refractivity contribution in [2.75, 3.05) is 19.8 Å². The zero-order chi connectivity index (χ0) is 18.5. The quantitative estimate of drug-likeness (QED) is 0.880. The van der Waals surface area contributed by atoms with Gasteiger partial charge in [-0.3, -0.25) is 14.7 Å². The van der Waals surface area contributed by atoms with Crippen LogP contribution in [-0.4, -0.2) is 41.6 Å². The Hall–Kier alpha value is -2.60. The number of rotatable bonds is 5. The van der Waals surface area contributed by atoms with Crippen molar-refractivity contribution in [1.82, 2.24) is 15.2 Å². The normalized spacial score (nSPS) is 19.5. The Morgan fingerprint density at radius 1 is 1.19 bits per heavy atom. The van der Waals surface area contributed by atoms with Gasteiger partial charge >= 0.3 is 0 Å². The van der Waals surface area contributed by atoms with Crippen molar-refractivity contribution in [3.05, 3.63) is 53.9 Å². The molecule has 1 saturated heterocycles. The van der Waals surface area contributed by atoms with Crippen LogP contribution in [0.25, 0.3) is 0 Å². The first-order chi connectivity index (χ1) is 13.3. The number of nitrogens with one attached hydrogen (secondary N) is 1. The molecule has 6 nitrogen and oxygen atoms in total. The number of carbonyl (C=O) groups is 1. The molecule has 0 radical (unpaired) electrons. The van der Waals surface area contributed by atoms with Gasteiger partial charge in [0.1, 0.15) is 13.2 Å². The monoisotopic (exact) mass is 367 g/mol. The third-order valence-corrected chi connectivity index (χ3v) is 5.13. The van der Waals surface area contributed by atoms with Crippen LogP contribution in [0.4, 0.5) is 0 Å². The summed E-state index contributed by atoms with van der Waals surface area (Å²) in [5, 5.41) is 3.10. The molecule has 0 spiro atoms. The highest BCUT2D eigenvalue weighted by Gasteiger charge is 2.29. The maximum Gasteiger partial charge on any atom is 0.237 e. The minimum atomic E-state index is -0.101. The third kappa shape index (κ3) is 4.22. The van der Waals surface area contributed by atoms with Crippen LogP contribution in [0.5, 0.6) is 11.5 Å². The van der Waals surface area contributed by atoms with E-state index in [0.717, 1.165) is 55.0 Å². The lowest BCUT2D eigenvalue weighted by molar-refractivity contribution is -0.128. The van der Waals surface area contributed by atoms with Crippen molar-refractivity contribution in [3.63, 3.8) is 0 Å². The summed E-state index contributed by atoms with van der Waals surface area (Å²) in [5.74, 6) is 1.58. The molecule has 6 heteroatoms. The van der Waals surface area contributed by atoms with E-state index in [2.05, 4.69) is 21.3 Å². The number of likely N-dealkylation sites (tertiary alicyclic amines) is 1. The number of carbonyl (C=O) groups excluding carboxylic acids is 1. The number of amides is 1. The number of benzene rings is 1. The van der Waals surface area contributed by atoms with Gasteiger partial charge in [0.15, 0.2) is 11.5 Å². The Morgan fingerprint density at radius 3 is 3.00 bits per heavy atom. The van der Waals surface area contributed by atoms with Crippen LogP contribution in [0.1, 0.15) is 30.4 Å². The summed E-state index contributed by atoms with van der Waals surface area (Å²) >= 11 is 0. The van der Waals surface area contributed by atoms with Crippen molar-refractivity contribution in [2.24, 2.45) is 0 Å². The number of nitrogens with zero attached hydrogens (tertiary/aromatic N) is 2. The molecule has 4 rings (SSSR count). The highest BCUT2D eigenvalue weighted by Crippen LogP contribution is 2.33. The summed E-state index contributed by atoms with van der Waals surface area (Å²) < 4.78 is 11.4. The summed E-state index contributed by atoms with van der Waals surface area (Å²) in [5.41, 5.74) is 2.09. The van der Waals surface area contributed by atoms with Gasteiger partial charge in [0.05, 0.1) is 6.04 Å². The predicted octanol–water partition coefficient (Wildman–Crippen LogP) is 2.52. The molecule has 0 aliphatic carbocycles. The molecule has 2 aromatic rings. The lowest BCUT2D eigenvalue weighted by atomic mass is 10.0. The predicted molar refractivity (Wildman–Crippen MR) is 102 cm³/mol. The van der Waals surface area contributed by atoms with Gasteiger partial charge in [-0.2, -0.15) is 0 Å². The Kier molecular flexibility index (Phi) is 5.53. The topological polar surface area (TPSA) is 63.7 Å². The molecular formula is C21H25N3O3. The van der Waals surface area contributed by atoms with Crippen molar-refractivity contribution in [1.29, 1.82) is 0 Å². The summed E-state index contributed by atoms with van der Waals surface area (Å²) in [4.78, 5) is 19.3. The molecular weight excluding hydrogens is 342 g/mol. The standard InChI is InChI=1S/C21H25N3O3/c25-21(23-14-17-6-3-8-19-20(17)27-12-11-26-19)18-7-1-2-10-24(18)15-16-5-4-9-22-13-16/h3-6,8-9,13,18H,1-2,7,10-12,14-15H2,(H,23,25). The first-order valence-electron chi connectivity index (χ1n) is 9.59. The van der Waals surface area contributed by atoms with E-state index in [-0.39, 0.29) is 11.9 Å². The molecule has 1 amide bonds. The summed E-state index contributed by atoms with van der Waals surface area (Å²) in [7, 11) is 0. The Labute approximate surface area is 159 Å². The molecule has 27 heavy (non-hydrogen) atoms. The van der Waals surface area contributed by atoms with Crippen LogP contribution in [0.3, 0.4) is 0 Å². The lowest BCUT2D eigenvalue weighted by Gasteiger charge is -2.34. The molecule has 1 fully saturated rings. The SMILES string of the molecule is O=C(NCc1cccc2c1OCCO2)C1CCCCN1Cc1cccnc1. The lowest BCUT2D eigenvalue weighted by Crippen LogP contribution is -2.48. The zero-order valence-electron chi connectivity index (χ0n) is 15.4. The van der Waals surface area contributed by atoms with E-state index in [1.54, 1.807) is 6.20 Å². The number of ether oxygens (including phenoxy) is 2. The Morgan fingerprint density at radius 2 is 2.11 bits per heavy atom. The van der Waals surface area contributed by atoms with E-state index in [1.807, 2.05) is 30.5 Å². The van der Waals surface area contributed by atoms with Crippen LogP contribution < -0.4 is 14.8 Å². The second-order valence-electron chi connectivity index (χ2n) is 7.00. The van der Waals surface area contributed by atoms with E-state index >= 15 is 0 Å². The summed E-state index contributed by atoms with van der Waals surface area (Å²) in [6.07, 6.45) is 6.74. The van der Waals surface area contributed by atoms with Crippen molar-refractivity contribution in [2.45, 2.75) is 38.4 Å². The smallest absolute Gasteiger partial charge is 0.237 e. The number of fused-ring (bicyclic) bond motifs is 1. The van der Waals surface area contributed by atoms with Gasteiger partial charge < -0.3 is 14.8 Å². The van der Waals surface area contributed by atoms with Crippen LogP contribution in [-0.2, 0) is 17.9 Å². The average Bonchev–Trinajstić information content (AvgIpc) is 2.73. The molecule has 1 atom stereocenters. The van der Waals surface area contributed by atoms with Crippen LogP contribution >= 0.6 is 0 Å². The molecule has 2 aliphatic rings. The summed E-state index contributed by atoms with van der Waals surface area (Å²) in [6.45, 7) is 3.24. The van der Waals surface area contributed by atoms with E-state index in [1.165, 1.54) is 0 Å². The minimum Gasteiger partial charge on any atom is -0.486 e. The summed E-state index contributed by atoms with van der Waals surface area (Å²) in [6, 6.07) is 9.71. The molecule has 2 aliphatic heterocycles. The number of piperidine rings is 1. The van der Waals surface area contributed by atoms with E-state index < -0.39 is 0 Å². The number of para-hydroxylation sites is 1. The zero-order valence-corrected chi connectivity index (χ0v) is 15.4. The van der Waals surface area contributed by atoms with Crippen LogP contribution in [0, 0.1) is 0 Å². The van der Waals surface area contributed by atoms with Crippen molar-refractivity contribution < 1.29 is 14.3 Å². The van der Waals surface area contributed by atoms with Gasteiger partial charge in [-0.05, 0) is 37.1 Å². The molecule has 1 unspecified atom stereocenters. The van der Waals surface area contributed by atoms with E-state index in [0.29, 0.717) is 19.8 Å². The fourth-order valence-corrected chi connectivity index (χ4v) is 3.78. The van der Waals surface area contributed by atoms with E-state index in [9.17, 15) is 4.79 Å². The second kappa shape index (κ2) is 8.39. The van der Waals surface area contributed by atoms with Gasteiger partial charge in [0, 0.05) is 31.0 Å². The maximum atomic E-state index is 12.9. The number of hydrogen-bond donors (Lipinski definition) is 1. The van der Waals surface area contributed by atoms with Gasteiger partial charge in [0.2, 0.25) is 5.91 Å². The fourth-order valence-electron chi connectivity index (χ4n) is 3.78. The highest BCUT2D eigenvalue weighted by molar-refractivity contribution is 5.82. The Balaban J connectivity index is 1.41. The number of aromatic nitrogens is 1.